The van der Waals surface area contributed by atoms with Crippen LogP contribution < -0.4 is 0 Å². The Hall–Kier alpha value is -1.31. The maximum atomic E-state index is 13.5. The topological polar surface area (TPSA) is 46.4 Å². The third kappa shape index (κ3) is 3.84. The molecule has 0 fully saturated rings. The molecular formula is C13H12BrFN2O2S. The van der Waals surface area contributed by atoms with Gasteiger partial charge in [-0.3, -0.25) is 15.0 Å². The first kappa shape index (κ1) is 15.1. The molecule has 0 saturated heterocycles. The van der Waals surface area contributed by atoms with Gasteiger partial charge in [-0.15, -0.1) is 11.3 Å². The van der Waals surface area contributed by atoms with E-state index in [-0.39, 0.29) is 0 Å². The molecule has 1 heterocycles. The molecule has 1 aromatic heterocycles. The van der Waals surface area contributed by atoms with Gasteiger partial charge in [-0.05, 0) is 51.6 Å². The number of thiophene rings is 1. The van der Waals surface area contributed by atoms with Gasteiger partial charge >= 0.3 is 5.69 Å². The van der Waals surface area contributed by atoms with Crippen molar-refractivity contribution in [3.63, 3.8) is 0 Å². The normalized spacial score (nSPS) is 11.0. The second-order valence-corrected chi connectivity index (χ2v) is 6.76. The molecule has 2 aromatic rings. The lowest BCUT2D eigenvalue weighted by molar-refractivity contribution is -0.387. The van der Waals surface area contributed by atoms with E-state index in [9.17, 15) is 14.5 Å². The number of halogens is 2. The molecule has 0 aliphatic rings. The summed E-state index contributed by atoms with van der Waals surface area (Å²) < 4.78 is 14.6. The second-order valence-electron chi connectivity index (χ2n) is 4.47. The van der Waals surface area contributed by atoms with Crippen molar-refractivity contribution in [1.82, 2.24) is 4.90 Å². The van der Waals surface area contributed by atoms with Gasteiger partial charge in [0.2, 0.25) is 5.82 Å². The van der Waals surface area contributed by atoms with Gasteiger partial charge in [0.25, 0.3) is 0 Å². The Kier molecular flexibility index (Phi) is 4.85. The lowest BCUT2D eigenvalue weighted by Gasteiger charge is -2.15. The first-order valence-electron chi connectivity index (χ1n) is 5.80. The molecule has 2 rings (SSSR count). The summed E-state index contributed by atoms with van der Waals surface area (Å²) in [5.74, 6) is -0.792. The van der Waals surface area contributed by atoms with Gasteiger partial charge in [0, 0.05) is 19.2 Å². The molecule has 0 aliphatic carbocycles. The summed E-state index contributed by atoms with van der Waals surface area (Å²) in [4.78, 5) is 11.9. The zero-order chi connectivity index (χ0) is 14.7. The molecule has 0 saturated carbocycles. The average molecular weight is 359 g/mol. The highest BCUT2D eigenvalue weighted by Gasteiger charge is 2.14. The minimum Gasteiger partial charge on any atom is -0.298 e. The summed E-state index contributed by atoms with van der Waals surface area (Å²) in [5.41, 5.74) is 1.40. The third-order valence-electron chi connectivity index (χ3n) is 2.74. The highest BCUT2D eigenvalue weighted by atomic mass is 79.9. The van der Waals surface area contributed by atoms with E-state index >= 15 is 0 Å². The molecule has 106 valence electrons. The lowest BCUT2D eigenvalue weighted by atomic mass is 10.2. The van der Waals surface area contributed by atoms with Crippen LogP contribution in [0.4, 0.5) is 10.1 Å². The van der Waals surface area contributed by atoms with Crippen molar-refractivity contribution in [3.8, 4) is 0 Å². The highest BCUT2D eigenvalue weighted by molar-refractivity contribution is 9.11. The Labute approximate surface area is 128 Å². The number of nitro groups is 1. The van der Waals surface area contributed by atoms with E-state index in [1.807, 2.05) is 18.0 Å². The second kappa shape index (κ2) is 6.43. The standard InChI is InChI=1S/C13H12BrFN2O2S/c1-16(7-10-5-13(14)20-8-10)6-9-2-3-12(17(18)19)11(15)4-9/h2-5,8H,6-7H2,1H3. The van der Waals surface area contributed by atoms with E-state index < -0.39 is 16.4 Å². The molecule has 1 aromatic carbocycles. The van der Waals surface area contributed by atoms with Crippen LogP contribution in [0.2, 0.25) is 0 Å². The van der Waals surface area contributed by atoms with E-state index in [0.29, 0.717) is 12.1 Å². The Morgan fingerprint density at radius 1 is 1.35 bits per heavy atom. The van der Waals surface area contributed by atoms with Crippen molar-refractivity contribution in [1.29, 1.82) is 0 Å². The summed E-state index contributed by atoms with van der Waals surface area (Å²) in [6.07, 6.45) is 0. The minimum absolute atomic E-state index is 0.488. The molecule has 0 radical (unpaired) electrons. The zero-order valence-corrected chi connectivity index (χ0v) is 13.1. The third-order valence-corrected chi connectivity index (χ3v) is 4.29. The minimum atomic E-state index is -0.792. The van der Waals surface area contributed by atoms with E-state index in [2.05, 4.69) is 21.3 Å². The number of benzene rings is 1. The highest BCUT2D eigenvalue weighted by Crippen LogP contribution is 2.22. The van der Waals surface area contributed by atoms with Gasteiger partial charge in [0.1, 0.15) is 0 Å². The summed E-state index contributed by atoms with van der Waals surface area (Å²) in [5, 5.41) is 12.6. The van der Waals surface area contributed by atoms with Gasteiger partial charge in [0.05, 0.1) is 8.71 Å². The Morgan fingerprint density at radius 3 is 2.60 bits per heavy atom. The largest absolute Gasteiger partial charge is 0.304 e. The molecule has 4 nitrogen and oxygen atoms in total. The number of rotatable bonds is 5. The number of nitrogens with zero attached hydrogens (tertiary/aromatic N) is 2. The molecule has 0 atom stereocenters. The molecule has 7 heteroatoms. The summed E-state index contributed by atoms with van der Waals surface area (Å²) >= 11 is 5.02. The summed E-state index contributed by atoms with van der Waals surface area (Å²) in [6.45, 7) is 1.27. The van der Waals surface area contributed by atoms with Gasteiger partial charge in [-0.1, -0.05) is 6.07 Å². The van der Waals surface area contributed by atoms with E-state index in [1.54, 1.807) is 17.4 Å². The monoisotopic (exact) mass is 358 g/mol. The molecular weight excluding hydrogens is 347 g/mol. The van der Waals surface area contributed by atoms with Gasteiger partial charge < -0.3 is 0 Å². The molecule has 0 unspecified atom stereocenters. The fourth-order valence-corrected chi connectivity index (χ4v) is 3.11. The average Bonchev–Trinajstić information content (AvgIpc) is 2.74. The first-order chi connectivity index (χ1) is 9.45. The van der Waals surface area contributed by atoms with Crippen LogP contribution in [-0.2, 0) is 13.1 Å². The maximum Gasteiger partial charge on any atom is 0.304 e. The predicted octanol–water partition coefficient (Wildman–Crippen LogP) is 4.19. The van der Waals surface area contributed by atoms with Crippen molar-refractivity contribution in [2.24, 2.45) is 0 Å². The number of hydrogen-bond donors (Lipinski definition) is 0. The van der Waals surface area contributed by atoms with Crippen molar-refractivity contribution in [2.45, 2.75) is 13.1 Å². The number of nitro benzene ring substituents is 1. The van der Waals surface area contributed by atoms with E-state index in [0.717, 1.165) is 10.3 Å². The Bertz CT molecular complexity index is 633. The van der Waals surface area contributed by atoms with Crippen molar-refractivity contribution in [2.75, 3.05) is 7.05 Å². The molecule has 0 aliphatic heterocycles. The molecule has 0 amide bonds. The molecule has 0 N–H and O–H groups in total. The van der Waals surface area contributed by atoms with Crippen LogP contribution in [0.15, 0.2) is 33.4 Å². The Balaban J connectivity index is 2.02. The van der Waals surface area contributed by atoms with Crippen LogP contribution in [0, 0.1) is 15.9 Å². The molecule has 0 bridgehead atoms. The van der Waals surface area contributed by atoms with Gasteiger partial charge in [0.15, 0.2) is 0 Å². The Morgan fingerprint density at radius 2 is 2.05 bits per heavy atom. The summed E-state index contributed by atoms with van der Waals surface area (Å²) in [6, 6.07) is 6.05. The number of hydrogen-bond acceptors (Lipinski definition) is 4. The van der Waals surface area contributed by atoms with E-state index in [1.165, 1.54) is 17.7 Å². The smallest absolute Gasteiger partial charge is 0.298 e. The molecule has 0 spiro atoms. The quantitative estimate of drug-likeness (QED) is 0.594. The zero-order valence-electron chi connectivity index (χ0n) is 10.7. The predicted molar refractivity (Wildman–Crippen MR) is 80.2 cm³/mol. The van der Waals surface area contributed by atoms with Crippen LogP contribution >= 0.6 is 27.3 Å². The van der Waals surface area contributed by atoms with Crippen LogP contribution in [0.1, 0.15) is 11.1 Å². The fraction of sp³-hybridized carbons (Fsp3) is 0.231. The van der Waals surface area contributed by atoms with Gasteiger partial charge in [-0.2, -0.15) is 4.39 Å². The maximum absolute atomic E-state index is 13.5. The van der Waals surface area contributed by atoms with Crippen LogP contribution in [0.3, 0.4) is 0 Å². The SMILES string of the molecule is CN(Cc1csc(Br)c1)Cc1ccc([N+](=O)[O-])c(F)c1. The fourth-order valence-electron chi connectivity index (χ4n) is 1.90. The van der Waals surface area contributed by atoms with Crippen LogP contribution in [0.25, 0.3) is 0 Å². The van der Waals surface area contributed by atoms with Gasteiger partial charge in [-0.25, -0.2) is 0 Å². The van der Waals surface area contributed by atoms with Crippen molar-refractivity contribution < 1.29 is 9.31 Å². The first-order valence-corrected chi connectivity index (χ1v) is 7.47. The summed E-state index contributed by atoms with van der Waals surface area (Å²) in [7, 11) is 1.92. The van der Waals surface area contributed by atoms with Crippen LogP contribution in [0.5, 0.6) is 0 Å². The van der Waals surface area contributed by atoms with E-state index in [4.69, 9.17) is 0 Å². The molecule has 20 heavy (non-hydrogen) atoms. The van der Waals surface area contributed by atoms with Crippen molar-refractivity contribution in [3.05, 3.63) is 60.5 Å². The van der Waals surface area contributed by atoms with Crippen molar-refractivity contribution >= 4 is 33.0 Å². The lowest BCUT2D eigenvalue weighted by Crippen LogP contribution is -2.17. The van der Waals surface area contributed by atoms with Crippen LogP contribution in [-0.4, -0.2) is 16.9 Å².